The van der Waals surface area contributed by atoms with Crippen molar-refractivity contribution in [2.24, 2.45) is 4.99 Å². The molecule has 0 saturated heterocycles. The molecule has 2 aromatic rings. The van der Waals surface area contributed by atoms with Crippen LogP contribution in [0.1, 0.15) is 25.0 Å². The van der Waals surface area contributed by atoms with Crippen LogP contribution in [-0.2, 0) is 5.41 Å². The second kappa shape index (κ2) is 5.86. The normalized spacial score (nSPS) is 15.4. The molecule has 3 rings (SSSR count). The Balaban J connectivity index is 0.00000161. The number of hydrogen-bond donors (Lipinski definition) is 1. The molecule has 0 amide bonds. The van der Waals surface area contributed by atoms with Crippen molar-refractivity contribution in [2.45, 2.75) is 19.3 Å². The molecule has 0 unspecified atom stereocenters. The Labute approximate surface area is 135 Å². The summed E-state index contributed by atoms with van der Waals surface area (Å²) < 4.78 is 0. The van der Waals surface area contributed by atoms with Gasteiger partial charge in [-0.2, -0.15) is 0 Å². The van der Waals surface area contributed by atoms with Crippen molar-refractivity contribution in [3.05, 3.63) is 65.7 Å². The summed E-state index contributed by atoms with van der Waals surface area (Å²) in [6, 6.07) is 15.4. The van der Waals surface area contributed by atoms with Gasteiger partial charge in [0.2, 0.25) is 0 Å². The lowest BCUT2D eigenvalue weighted by Crippen LogP contribution is -2.23. The van der Waals surface area contributed by atoms with E-state index in [0.717, 1.165) is 17.0 Å². The van der Waals surface area contributed by atoms with Crippen LogP contribution in [-0.4, -0.2) is 10.8 Å². The van der Waals surface area contributed by atoms with Crippen molar-refractivity contribution in [2.75, 3.05) is 0 Å². The van der Waals surface area contributed by atoms with Gasteiger partial charge in [-0.3, -0.25) is 4.99 Å². The predicted octanol–water partition coefficient (Wildman–Crippen LogP) is 5.05. The van der Waals surface area contributed by atoms with Gasteiger partial charge in [0.15, 0.2) is 0 Å². The molecule has 1 N–H and O–H groups in total. The number of hydrogen-bond acceptors (Lipinski definition) is 2. The van der Waals surface area contributed by atoms with Crippen molar-refractivity contribution in [3.8, 4) is 5.75 Å². The highest BCUT2D eigenvalue weighted by atomic mass is 79.9. The predicted molar refractivity (Wildman–Crippen MR) is 94.0 cm³/mol. The molecule has 1 heterocycles. The number of benzene rings is 2. The van der Waals surface area contributed by atoms with Gasteiger partial charge in [-0.05, 0) is 35.4 Å². The Bertz CT molecular complexity index is 699. The SMILES string of the molecule is Br.CC1(C)C(/C=C/c2ccc(O)cc2)=Nc2ccccc21. The Morgan fingerprint density at radius 1 is 0.952 bits per heavy atom. The second-order valence-corrected chi connectivity index (χ2v) is 5.56. The number of para-hydroxylation sites is 1. The quantitative estimate of drug-likeness (QED) is 0.813. The Morgan fingerprint density at radius 3 is 2.29 bits per heavy atom. The standard InChI is InChI=1S/C18H17NO.BrH/c1-18(2)15-5-3-4-6-16(15)19-17(18)12-9-13-7-10-14(20)11-8-13;/h3-12,20H,1-2H3;1H/b12-9+;. The number of nitrogens with zero attached hydrogens (tertiary/aromatic N) is 1. The number of fused-ring (bicyclic) bond motifs is 1. The molecule has 0 aliphatic carbocycles. The van der Waals surface area contributed by atoms with Crippen LogP contribution in [0.3, 0.4) is 0 Å². The fourth-order valence-electron chi connectivity index (χ4n) is 2.51. The van der Waals surface area contributed by atoms with E-state index in [1.165, 1.54) is 5.56 Å². The third-order valence-electron chi connectivity index (χ3n) is 3.79. The Morgan fingerprint density at radius 2 is 1.62 bits per heavy atom. The lowest BCUT2D eigenvalue weighted by atomic mass is 9.81. The number of aliphatic imine (C=N–C) groups is 1. The summed E-state index contributed by atoms with van der Waals surface area (Å²) in [5.74, 6) is 0.285. The minimum Gasteiger partial charge on any atom is -0.508 e. The van der Waals surface area contributed by atoms with Gasteiger partial charge in [0.05, 0.1) is 11.4 Å². The average Bonchev–Trinajstić information content (AvgIpc) is 2.70. The van der Waals surface area contributed by atoms with E-state index in [0.29, 0.717) is 0 Å². The zero-order valence-corrected chi connectivity index (χ0v) is 13.8. The van der Waals surface area contributed by atoms with Crippen LogP contribution >= 0.6 is 17.0 Å². The summed E-state index contributed by atoms with van der Waals surface area (Å²) in [5, 5.41) is 9.29. The molecule has 108 valence electrons. The summed E-state index contributed by atoms with van der Waals surface area (Å²) in [6.45, 7) is 4.39. The van der Waals surface area contributed by atoms with Gasteiger partial charge in [0.25, 0.3) is 0 Å². The van der Waals surface area contributed by atoms with Crippen molar-refractivity contribution in [1.82, 2.24) is 0 Å². The molecule has 2 nitrogen and oxygen atoms in total. The molecule has 0 radical (unpaired) electrons. The summed E-state index contributed by atoms with van der Waals surface area (Å²) in [7, 11) is 0. The molecule has 0 aromatic heterocycles. The van der Waals surface area contributed by atoms with Crippen molar-refractivity contribution in [3.63, 3.8) is 0 Å². The molecule has 2 aromatic carbocycles. The molecule has 3 heteroatoms. The van der Waals surface area contributed by atoms with Gasteiger partial charge >= 0.3 is 0 Å². The van der Waals surface area contributed by atoms with E-state index in [2.05, 4.69) is 38.1 Å². The van der Waals surface area contributed by atoms with E-state index < -0.39 is 0 Å². The number of aromatic hydroxyl groups is 1. The zero-order chi connectivity index (χ0) is 14.2. The smallest absolute Gasteiger partial charge is 0.115 e. The van der Waals surface area contributed by atoms with E-state index in [9.17, 15) is 5.11 Å². The molecule has 1 aliphatic heterocycles. The molecule has 21 heavy (non-hydrogen) atoms. The Kier molecular flexibility index (Phi) is 4.33. The Hall–Kier alpha value is -1.87. The number of rotatable bonds is 2. The van der Waals surface area contributed by atoms with E-state index >= 15 is 0 Å². The molecule has 0 bridgehead atoms. The number of phenols is 1. The summed E-state index contributed by atoms with van der Waals surface area (Å²) in [5.41, 5.74) is 4.38. The highest BCUT2D eigenvalue weighted by molar-refractivity contribution is 8.93. The number of halogens is 1. The maximum absolute atomic E-state index is 9.29. The van der Waals surface area contributed by atoms with E-state index in [4.69, 9.17) is 4.99 Å². The van der Waals surface area contributed by atoms with Crippen molar-refractivity contribution >= 4 is 34.5 Å². The first-order valence-electron chi connectivity index (χ1n) is 6.73. The third-order valence-corrected chi connectivity index (χ3v) is 3.79. The first kappa shape index (κ1) is 15.5. The summed E-state index contributed by atoms with van der Waals surface area (Å²) in [4.78, 5) is 4.72. The lowest BCUT2D eigenvalue weighted by molar-refractivity contribution is 0.475. The van der Waals surface area contributed by atoms with Gasteiger partial charge < -0.3 is 5.11 Å². The molecule has 0 saturated carbocycles. The molecule has 1 aliphatic rings. The van der Waals surface area contributed by atoms with Crippen LogP contribution in [0, 0.1) is 0 Å². The average molecular weight is 344 g/mol. The van der Waals surface area contributed by atoms with Crippen molar-refractivity contribution in [1.29, 1.82) is 0 Å². The fraction of sp³-hybridized carbons (Fsp3) is 0.167. The first-order chi connectivity index (χ1) is 9.57. The lowest BCUT2D eigenvalue weighted by Gasteiger charge is -2.20. The van der Waals surface area contributed by atoms with E-state index in [-0.39, 0.29) is 28.1 Å². The number of allylic oxidation sites excluding steroid dienone is 1. The van der Waals surface area contributed by atoms with Gasteiger partial charge in [0.1, 0.15) is 5.75 Å². The minimum absolute atomic E-state index is 0. The molecule has 0 fully saturated rings. The zero-order valence-electron chi connectivity index (χ0n) is 12.1. The fourth-order valence-corrected chi connectivity index (χ4v) is 2.51. The number of phenolic OH excluding ortho intramolecular Hbond substituents is 1. The monoisotopic (exact) mass is 343 g/mol. The maximum Gasteiger partial charge on any atom is 0.115 e. The summed E-state index contributed by atoms with van der Waals surface area (Å²) in [6.07, 6.45) is 4.10. The maximum atomic E-state index is 9.29. The van der Waals surface area contributed by atoms with Crippen LogP contribution in [0.2, 0.25) is 0 Å². The van der Waals surface area contributed by atoms with Crippen molar-refractivity contribution < 1.29 is 5.11 Å². The van der Waals surface area contributed by atoms with Crippen LogP contribution in [0.4, 0.5) is 5.69 Å². The highest BCUT2D eigenvalue weighted by Gasteiger charge is 2.32. The summed E-state index contributed by atoms with van der Waals surface area (Å²) >= 11 is 0. The second-order valence-electron chi connectivity index (χ2n) is 5.56. The molecule has 0 atom stereocenters. The largest absolute Gasteiger partial charge is 0.508 e. The molecular formula is C18H18BrNO. The topological polar surface area (TPSA) is 32.6 Å². The highest BCUT2D eigenvalue weighted by Crippen LogP contribution is 2.40. The van der Waals surface area contributed by atoms with Crippen LogP contribution in [0.5, 0.6) is 5.75 Å². The van der Waals surface area contributed by atoms with Gasteiger partial charge in [-0.1, -0.05) is 50.3 Å². The van der Waals surface area contributed by atoms with Crippen LogP contribution < -0.4 is 0 Å². The third kappa shape index (κ3) is 2.93. The van der Waals surface area contributed by atoms with Gasteiger partial charge in [0, 0.05) is 5.41 Å². The van der Waals surface area contributed by atoms with Gasteiger partial charge in [-0.15, -0.1) is 17.0 Å². The molecule has 0 spiro atoms. The molecular weight excluding hydrogens is 326 g/mol. The van der Waals surface area contributed by atoms with Crippen LogP contribution in [0.15, 0.2) is 59.6 Å². The van der Waals surface area contributed by atoms with Crippen LogP contribution in [0.25, 0.3) is 6.08 Å². The first-order valence-corrected chi connectivity index (χ1v) is 6.73. The van der Waals surface area contributed by atoms with E-state index in [1.807, 2.05) is 24.3 Å². The van der Waals surface area contributed by atoms with E-state index in [1.54, 1.807) is 12.1 Å². The minimum atomic E-state index is -0.0655. The van der Waals surface area contributed by atoms with Gasteiger partial charge in [-0.25, -0.2) is 0 Å².